The van der Waals surface area contributed by atoms with Crippen molar-refractivity contribution in [2.45, 2.75) is 4.90 Å². The largest absolute Gasteiger partial charge is 0.497 e. The zero-order chi connectivity index (χ0) is 27.5. The second-order valence-electron chi connectivity index (χ2n) is 9.25. The maximum atomic E-state index is 13.4. The molecule has 1 fully saturated rings. The molecule has 8 nitrogen and oxygen atoms in total. The SMILES string of the molecule is COc1ccc(N2CCN(C(=O)c3ccc4c(c3)N(C)C(=O)/C(=C/c3ccc(OC)c(OC)c3)S4)CC2)cc1. The summed E-state index contributed by atoms with van der Waals surface area (Å²) in [5.41, 5.74) is 3.27. The predicted octanol–water partition coefficient (Wildman–Crippen LogP) is 4.78. The molecule has 0 N–H and O–H groups in total. The van der Waals surface area contributed by atoms with E-state index in [2.05, 4.69) is 4.90 Å². The number of thioether (sulfide) groups is 1. The first-order valence-corrected chi connectivity index (χ1v) is 13.5. The molecule has 3 aromatic rings. The first-order chi connectivity index (χ1) is 18.9. The summed E-state index contributed by atoms with van der Waals surface area (Å²) in [6, 6.07) is 19.1. The minimum Gasteiger partial charge on any atom is -0.497 e. The Morgan fingerprint density at radius 1 is 0.846 bits per heavy atom. The van der Waals surface area contributed by atoms with Crippen molar-refractivity contribution in [2.24, 2.45) is 0 Å². The molecule has 3 aromatic carbocycles. The highest BCUT2D eigenvalue weighted by atomic mass is 32.2. The smallest absolute Gasteiger partial charge is 0.264 e. The minimum absolute atomic E-state index is 0.0234. The Labute approximate surface area is 232 Å². The van der Waals surface area contributed by atoms with Crippen molar-refractivity contribution in [2.75, 3.05) is 64.4 Å². The summed E-state index contributed by atoms with van der Waals surface area (Å²) in [5.74, 6) is 1.90. The molecular formula is C30H31N3O5S. The predicted molar refractivity (Wildman–Crippen MR) is 154 cm³/mol. The lowest BCUT2D eigenvalue weighted by Crippen LogP contribution is -2.48. The van der Waals surface area contributed by atoms with Gasteiger partial charge in [-0.2, -0.15) is 0 Å². The number of methoxy groups -OCH3 is 3. The number of hydrogen-bond acceptors (Lipinski definition) is 7. The van der Waals surface area contributed by atoms with Crippen molar-refractivity contribution < 1.29 is 23.8 Å². The molecule has 0 radical (unpaired) electrons. The molecule has 202 valence electrons. The lowest BCUT2D eigenvalue weighted by Gasteiger charge is -2.36. The average Bonchev–Trinajstić information content (AvgIpc) is 2.99. The van der Waals surface area contributed by atoms with Crippen molar-refractivity contribution >= 4 is 41.0 Å². The monoisotopic (exact) mass is 545 g/mol. The van der Waals surface area contributed by atoms with E-state index in [0.717, 1.165) is 40.7 Å². The number of piperazine rings is 1. The van der Waals surface area contributed by atoms with Crippen LogP contribution in [0.1, 0.15) is 15.9 Å². The molecule has 1 saturated heterocycles. The molecule has 0 spiro atoms. The lowest BCUT2D eigenvalue weighted by atomic mass is 10.1. The maximum absolute atomic E-state index is 13.4. The molecule has 9 heteroatoms. The van der Waals surface area contributed by atoms with Crippen LogP contribution in [0.3, 0.4) is 0 Å². The van der Waals surface area contributed by atoms with Crippen LogP contribution in [0.5, 0.6) is 17.2 Å². The quantitative estimate of drug-likeness (QED) is 0.413. The van der Waals surface area contributed by atoms with E-state index >= 15 is 0 Å². The van der Waals surface area contributed by atoms with Crippen LogP contribution in [0.15, 0.2) is 70.5 Å². The maximum Gasteiger partial charge on any atom is 0.264 e. The highest BCUT2D eigenvalue weighted by Gasteiger charge is 2.29. The molecule has 0 saturated carbocycles. The number of likely N-dealkylation sites (N-methyl/N-ethyl adjacent to an activating group) is 1. The number of carbonyl (C=O) groups is 2. The normalized spacial score (nSPS) is 16.3. The molecule has 0 atom stereocenters. The average molecular weight is 546 g/mol. The van der Waals surface area contributed by atoms with Crippen molar-refractivity contribution in [3.63, 3.8) is 0 Å². The molecule has 2 aliphatic rings. The van der Waals surface area contributed by atoms with E-state index in [-0.39, 0.29) is 11.8 Å². The highest BCUT2D eigenvalue weighted by molar-refractivity contribution is 8.04. The minimum atomic E-state index is -0.125. The van der Waals surface area contributed by atoms with Gasteiger partial charge in [0.1, 0.15) is 5.75 Å². The Morgan fingerprint density at radius 3 is 2.23 bits per heavy atom. The third-order valence-electron chi connectivity index (χ3n) is 7.01. The topological polar surface area (TPSA) is 71.6 Å². The van der Waals surface area contributed by atoms with E-state index in [0.29, 0.717) is 35.1 Å². The van der Waals surface area contributed by atoms with E-state index in [9.17, 15) is 9.59 Å². The lowest BCUT2D eigenvalue weighted by molar-refractivity contribution is -0.114. The van der Waals surface area contributed by atoms with Gasteiger partial charge in [-0.25, -0.2) is 0 Å². The number of rotatable bonds is 6. The van der Waals surface area contributed by atoms with Gasteiger partial charge in [-0.1, -0.05) is 17.8 Å². The number of amides is 2. The Balaban J connectivity index is 1.29. The number of ether oxygens (including phenoxy) is 3. The fourth-order valence-electron chi connectivity index (χ4n) is 4.76. The zero-order valence-electron chi connectivity index (χ0n) is 22.5. The van der Waals surface area contributed by atoms with Gasteiger partial charge in [0.15, 0.2) is 11.5 Å². The number of hydrogen-bond donors (Lipinski definition) is 0. The second-order valence-corrected chi connectivity index (χ2v) is 10.3. The molecule has 5 rings (SSSR count). The number of fused-ring (bicyclic) bond motifs is 1. The van der Waals surface area contributed by atoms with Crippen LogP contribution >= 0.6 is 11.8 Å². The Morgan fingerprint density at radius 2 is 1.56 bits per heavy atom. The van der Waals surface area contributed by atoms with E-state index in [1.54, 1.807) is 33.3 Å². The van der Waals surface area contributed by atoms with Gasteiger partial charge in [0.25, 0.3) is 11.8 Å². The second kappa shape index (κ2) is 11.3. The Hall–Kier alpha value is -4.11. The number of carbonyl (C=O) groups excluding carboxylic acids is 2. The summed E-state index contributed by atoms with van der Waals surface area (Å²) in [6.07, 6.45) is 1.84. The zero-order valence-corrected chi connectivity index (χ0v) is 23.3. The van der Waals surface area contributed by atoms with E-state index in [4.69, 9.17) is 14.2 Å². The van der Waals surface area contributed by atoms with Gasteiger partial charge < -0.3 is 28.9 Å². The van der Waals surface area contributed by atoms with Gasteiger partial charge in [0.2, 0.25) is 0 Å². The van der Waals surface area contributed by atoms with Crippen LogP contribution in [-0.4, -0.2) is 71.3 Å². The van der Waals surface area contributed by atoms with Gasteiger partial charge in [-0.05, 0) is 66.2 Å². The molecule has 2 aliphatic heterocycles. The number of benzene rings is 3. The van der Waals surface area contributed by atoms with Crippen molar-refractivity contribution in [3.8, 4) is 17.2 Å². The first kappa shape index (κ1) is 26.5. The van der Waals surface area contributed by atoms with E-state index < -0.39 is 0 Å². The fraction of sp³-hybridized carbons (Fsp3) is 0.267. The van der Waals surface area contributed by atoms with Crippen LogP contribution in [0.4, 0.5) is 11.4 Å². The Bertz CT molecular complexity index is 1410. The molecule has 2 amide bonds. The summed E-state index contributed by atoms with van der Waals surface area (Å²) in [6.45, 7) is 2.76. The van der Waals surface area contributed by atoms with Gasteiger partial charge >= 0.3 is 0 Å². The van der Waals surface area contributed by atoms with Crippen LogP contribution < -0.4 is 24.0 Å². The fourth-order valence-corrected chi connectivity index (χ4v) is 5.86. The van der Waals surface area contributed by atoms with Crippen LogP contribution in [0.2, 0.25) is 0 Å². The van der Waals surface area contributed by atoms with Crippen LogP contribution in [0, 0.1) is 0 Å². The number of nitrogens with zero attached hydrogens (tertiary/aromatic N) is 3. The van der Waals surface area contributed by atoms with Crippen LogP contribution in [0.25, 0.3) is 6.08 Å². The summed E-state index contributed by atoms with van der Waals surface area (Å²) >= 11 is 1.40. The van der Waals surface area contributed by atoms with Gasteiger partial charge in [-0.3, -0.25) is 9.59 Å². The summed E-state index contributed by atoms with van der Waals surface area (Å²) in [5, 5.41) is 0. The number of anilines is 2. The molecule has 0 unspecified atom stereocenters. The third-order valence-corrected chi connectivity index (χ3v) is 8.09. The highest BCUT2D eigenvalue weighted by Crippen LogP contribution is 2.42. The third kappa shape index (κ3) is 5.40. The molecule has 39 heavy (non-hydrogen) atoms. The molecule has 0 aliphatic carbocycles. The van der Waals surface area contributed by atoms with E-state index in [1.165, 1.54) is 11.8 Å². The molecule has 0 bridgehead atoms. The van der Waals surface area contributed by atoms with Crippen molar-refractivity contribution in [1.82, 2.24) is 4.90 Å². The van der Waals surface area contributed by atoms with Gasteiger partial charge in [-0.15, -0.1) is 0 Å². The molecular weight excluding hydrogens is 514 g/mol. The standard InChI is InChI=1S/C30H31N3O5S/c1-31-24-19-21(29(34)33-15-13-32(14-16-33)22-7-9-23(36-2)10-8-22)6-12-27(24)39-28(30(31)35)18-20-5-11-25(37-3)26(17-20)38-4/h5-12,17-19H,13-16H2,1-4H3/b28-18-. The molecule has 2 heterocycles. The van der Waals surface area contributed by atoms with Gasteiger partial charge in [0, 0.05) is 49.4 Å². The summed E-state index contributed by atoms with van der Waals surface area (Å²) in [7, 11) is 6.57. The summed E-state index contributed by atoms with van der Waals surface area (Å²) < 4.78 is 16.0. The van der Waals surface area contributed by atoms with Crippen molar-refractivity contribution in [1.29, 1.82) is 0 Å². The first-order valence-electron chi connectivity index (χ1n) is 12.6. The van der Waals surface area contributed by atoms with Gasteiger partial charge in [0.05, 0.1) is 31.9 Å². The Kier molecular flexibility index (Phi) is 7.70. The van der Waals surface area contributed by atoms with E-state index in [1.807, 2.05) is 71.6 Å². The van der Waals surface area contributed by atoms with Crippen molar-refractivity contribution in [3.05, 3.63) is 76.7 Å². The summed E-state index contributed by atoms with van der Waals surface area (Å²) in [4.78, 5) is 33.9. The molecule has 0 aromatic heterocycles. The van der Waals surface area contributed by atoms with Crippen LogP contribution in [-0.2, 0) is 4.79 Å².